The van der Waals surface area contributed by atoms with E-state index in [1.807, 2.05) is 30.3 Å². The van der Waals surface area contributed by atoms with Crippen molar-refractivity contribution in [3.05, 3.63) is 77.6 Å². The molecule has 2 aromatic carbocycles. The number of halogens is 3. The fraction of sp³-hybridized carbons (Fsp3) is 0.250. The van der Waals surface area contributed by atoms with Crippen molar-refractivity contribution < 1.29 is 22.7 Å². The highest BCUT2D eigenvalue weighted by molar-refractivity contribution is 5.94. The number of para-hydroxylation sites is 1. The van der Waals surface area contributed by atoms with Gasteiger partial charge in [0.25, 0.3) is 5.91 Å². The second-order valence-corrected chi connectivity index (χ2v) is 6.73. The van der Waals surface area contributed by atoms with Crippen molar-refractivity contribution in [1.82, 2.24) is 19.9 Å². The molecule has 0 saturated carbocycles. The fourth-order valence-corrected chi connectivity index (χ4v) is 3.00. The lowest BCUT2D eigenvalue weighted by atomic mass is 10.1. The lowest BCUT2D eigenvalue weighted by Gasteiger charge is -2.38. The number of alkyl halides is 3. The Balaban J connectivity index is 1.30. The van der Waals surface area contributed by atoms with Gasteiger partial charge in [0.05, 0.1) is 17.8 Å². The number of amides is 1. The zero-order valence-electron chi connectivity index (χ0n) is 15.2. The zero-order chi connectivity index (χ0) is 20.4. The van der Waals surface area contributed by atoms with E-state index in [1.54, 1.807) is 15.8 Å². The SMILES string of the molecule is O=C(c1ccc(C(F)(F)F)cc1)N1CC(n2cc(COc3ccccc3)nn2)C1. The Bertz CT molecular complexity index is 981. The summed E-state index contributed by atoms with van der Waals surface area (Å²) in [4.78, 5) is 14.0. The summed E-state index contributed by atoms with van der Waals surface area (Å²) in [7, 11) is 0. The number of aromatic nitrogens is 3. The molecule has 6 nitrogen and oxygen atoms in total. The summed E-state index contributed by atoms with van der Waals surface area (Å²) in [5, 5.41) is 8.15. The minimum Gasteiger partial charge on any atom is -0.487 e. The van der Waals surface area contributed by atoms with Crippen LogP contribution in [0.25, 0.3) is 0 Å². The Morgan fingerprint density at radius 3 is 2.41 bits per heavy atom. The molecule has 2 heterocycles. The molecular weight excluding hydrogens is 385 g/mol. The van der Waals surface area contributed by atoms with Crippen LogP contribution >= 0.6 is 0 Å². The molecule has 9 heteroatoms. The van der Waals surface area contributed by atoms with E-state index in [4.69, 9.17) is 4.74 Å². The van der Waals surface area contributed by atoms with Gasteiger partial charge in [-0.3, -0.25) is 4.79 Å². The van der Waals surface area contributed by atoms with Crippen molar-refractivity contribution in [3.8, 4) is 5.75 Å². The van der Waals surface area contributed by atoms with E-state index in [0.29, 0.717) is 18.8 Å². The maximum atomic E-state index is 12.6. The maximum absolute atomic E-state index is 12.6. The first kappa shape index (κ1) is 19.0. The summed E-state index contributed by atoms with van der Waals surface area (Å²) in [5.74, 6) is 0.432. The molecule has 1 aromatic heterocycles. The standard InChI is InChI=1S/C20H17F3N4O2/c21-20(22,23)15-8-6-14(7-9-15)19(28)26-11-17(12-26)27-10-16(24-25-27)13-29-18-4-2-1-3-5-18/h1-10,17H,11-13H2. The van der Waals surface area contributed by atoms with E-state index in [2.05, 4.69) is 10.3 Å². The largest absolute Gasteiger partial charge is 0.487 e. The molecule has 1 aliphatic heterocycles. The topological polar surface area (TPSA) is 60.2 Å². The summed E-state index contributed by atoms with van der Waals surface area (Å²) < 4.78 is 45.2. The number of ether oxygens (including phenoxy) is 1. The van der Waals surface area contributed by atoms with Crippen molar-refractivity contribution >= 4 is 5.91 Å². The molecule has 0 radical (unpaired) electrons. The monoisotopic (exact) mass is 402 g/mol. The molecule has 1 aliphatic rings. The van der Waals surface area contributed by atoms with Crippen LogP contribution in [0.15, 0.2) is 60.8 Å². The van der Waals surface area contributed by atoms with Gasteiger partial charge in [0, 0.05) is 18.7 Å². The lowest BCUT2D eigenvalue weighted by molar-refractivity contribution is -0.137. The molecule has 0 bridgehead atoms. The van der Waals surface area contributed by atoms with Gasteiger partial charge < -0.3 is 9.64 Å². The Labute approximate surface area is 164 Å². The number of rotatable bonds is 5. The van der Waals surface area contributed by atoms with Crippen LogP contribution in [0.2, 0.25) is 0 Å². The van der Waals surface area contributed by atoms with Crippen molar-refractivity contribution in [2.24, 2.45) is 0 Å². The molecule has 150 valence electrons. The van der Waals surface area contributed by atoms with Crippen LogP contribution in [0.3, 0.4) is 0 Å². The molecule has 0 atom stereocenters. The normalized spacial score (nSPS) is 14.5. The summed E-state index contributed by atoms with van der Waals surface area (Å²) in [5.41, 5.74) is 0.122. The lowest BCUT2D eigenvalue weighted by Crippen LogP contribution is -2.50. The van der Waals surface area contributed by atoms with E-state index >= 15 is 0 Å². The fourth-order valence-electron chi connectivity index (χ4n) is 3.00. The van der Waals surface area contributed by atoms with Gasteiger partial charge >= 0.3 is 6.18 Å². The van der Waals surface area contributed by atoms with Crippen molar-refractivity contribution in [3.63, 3.8) is 0 Å². The van der Waals surface area contributed by atoms with Crippen molar-refractivity contribution in [2.75, 3.05) is 13.1 Å². The van der Waals surface area contributed by atoms with Crippen molar-refractivity contribution in [2.45, 2.75) is 18.8 Å². The number of likely N-dealkylation sites (tertiary alicyclic amines) is 1. The van der Waals surface area contributed by atoms with Crippen LogP contribution in [0, 0.1) is 0 Å². The molecule has 1 fully saturated rings. The van der Waals surface area contributed by atoms with Crippen LogP contribution < -0.4 is 4.74 Å². The van der Waals surface area contributed by atoms with Crippen LogP contribution in [-0.4, -0.2) is 38.9 Å². The van der Waals surface area contributed by atoms with E-state index in [-0.39, 0.29) is 24.1 Å². The molecule has 29 heavy (non-hydrogen) atoms. The second kappa shape index (κ2) is 7.57. The van der Waals surface area contributed by atoms with Crippen LogP contribution in [0.5, 0.6) is 5.75 Å². The average molecular weight is 402 g/mol. The highest BCUT2D eigenvalue weighted by atomic mass is 19.4. The van der Waals surface area contributed by atoms with Crippen molar-refractivity contribution in [1.29, 1.82) is 0 Å². The first-order valence-corrected chi connectivity index (χ1v) is 8.95. The summed E-state index contributed by atoms with van der Waals surface area (Å²) >= 11 is 0. The zero-order valence-corrected chi connectivity index (χ0v) is 15.2. The average Bonchev–Trinajstić information content (AvgIpc) is 3.14. The van der Waals surface area contributed by atoms with Crippen LogP contribution in [-0.2, 0) is 12.8 Å². The summed E-state index contributed by atoms with van der Waals surface area (Å²) in [6, 6.07) is 13.6. The number of carbonyl (C=O) groups is 1. The molecule has 3 aromatic rings. The molecule has 1 saturated heterocycles. The van der Waals surface area contributed by atoms with Gasteiger partial charge in [-0.1, -0.05) is 23.4 Å². The Morgan fingerprint density at radius 2 is 1.76 bits per heavy atom. The quantitative estimate of drug-likeness (QED) is 0.655. The molecule has 0 spiro atoms. The van der Waals surface area contributed by atoms with E-state index in [9.17, 15) is 18.0 Å². The third-order valence-corrected chi connectivity index (χ3v) is 4.67. The van der Waals surface area contributed by atoms with Gasteiger partial charge in [-0.25, -0.2) is 4.68 Å². The summed E-state index contributed by atoms with van der Waals surface area (Å²) in [6.45, 7) is 1.12. The minimum absolute atomic E-state index is 0.0219. The van der Waals surface area contributed by atoms with E-state index < -0.39 is 11.7 Å². The van der Waals surface area contributed by atoms with Gasteiger partial charge in [-0.15, -0.1) is 5.10 Å². The van der Waals surface area contributed by atoms with Gasteiger partial charge in [0.2, 0.25) is 0 Å². The molecule has 0 N–H and O–H groups in total. The van der Waals surface area contributed by atoms with Gasteiger partial charge in [-0.2, -0.15) is 13.2 Å². The summed E-state index contributed by atoms with van der Waals surface area (Å²) in [6.07, 6.45) is -2.65. The molecule has 0 unspecified atom stereocenters. The minimum atomic E-state index is -4.42. The smallest absolute Gasteiger partial charge is 0.416 e. The molecule has 0 aliphatic carbocycles. The molecule has 1 amide bonds. The number of carbonyl (C=O) groups excluding carboxylic acids is 1. The Hall–Kier alpha value is -3.36. The van der Waals surface area contributed by atoms with E-state index in [0.717, 1.165) is 17.9 Å². The van der Waals surface area contributed by atoms with Gasteiger partial charge in [0.15, 0.2) is 0 Å². The third kappa shape index (κ3) is 4.23. The number of nitrogens with zero attached hydrogens (tertiary/aromatic N) is 4. The predicted molar refractivity (Wildman–Crippen MR) is 97.2 cm³/mol. The number of hydrogen-bond acceptors (Lipinski definition) is 4. The third-order valence-electron chi connectivity index (χ3n) is 4.67. The Morgan fingerprint density at radius 1 is 1.07 bits per heavy atom. The van der Waals surface area contributed by atoms with Crippen LogP contribution in [0.4, 0.5) is 13.2 Å². The Kier molecular flexibility index (Phi) is 4.96. The second-order valence-electron chi connectivity index (χ2n) is 6.73. The first-order chi connectivity index (χ1) is 13.9. The first-order valence-electron chi connectivity index (χ1n) is 8.95. The van der Waals surface area contributed by atoms with Crippen LogP contribution in [0.1, 0.15) is 27.7 Å². The highest BCUT2D eigenvalue weighted by Gasteiger charge is 2.34. The number of benzene rings is 2. The van der Waals surface area contributed by atoms with Gasteiger partial charge in [-0.05, 0) is 36.4 Å². The van der Waals surface area contributed by atoms with Gasteiger partial charge in [0.1, 0.15) is 18.1 Å². The molecule has 4 rings (SSSR count). The van der Waals surface area contributed by atoms with E-state index in [1.165, 1.54) is 12.1 Å². The maximum Gasteiger partial charge on any atom is 0.416 e. The number of hydrogen-bond donors (Lipinski definition) is 0. The molecular formula is C20H17F3N4O2. The predicted octanol–water partition coefficient (Wildman–Crippen LogP) is 3.57. The highest BCUT2D eigenvalue weighted by Crippen LogP contribution is 2.30.